The average molecular weight is 365 g/mol. The molecule has 2 aromatic rings. The number of nitrogens with zero attached hydrogens (tertiary/aromatic N) is 3. The van der Waals surface area contributed by atoms with E-state index >= 15 is 0 Å². The molecule has 1 aromatic heterocycles. The first-order valence-corrected chi connectivity index (χ1v) is 8.22. The van der Waals surface area contributed by atoms with Crippen molar-refractivity contribution in [2.24, 2.45) is 0 Å². The summed E-state index contributed by atoms with van der Waals surface area (Å²) in [4.78, 5) is 30.5. The standard InChI is InChI=1S/C20H19N3O4/c1-14-21-10-12-22(14)15-7-6-8-16(13-15)23-11-5-4-9-17(19(24)26-2)18(23)20(25)27-3/h4-13H,1-3H3. The highest BCUT2D eigenvalue weighted by atomic mass is 16.5. The van der Waals surface area contributed by atoms with Crippen LogP contribution in [0.15, 0.2) is 72.4 Å². The molecule has 1 aliphatic rings. The number of allylic oxidation sites excluding steroid dienone is 2. The van der Waals surface area contributed by atoms with Crippen molar-refractivity contribution in [3.8, 4) is 5.69 Å². The minimum atomic E-state index is -0.643. The van der Waals surface area contributed by atoms with Crippen LogP contribution >= 0.6 is 0 Å². The zero-order chi connectivity index (χ0) is 19.4. The first-order valence-electron chi connectivity index (χ1n) is 8.22. The number of benzene rings is 1. The molecular weight excluding hydrogens is 346 g/mol. The Morgan fingerprint density at radius 3 is 2.44 bits per heavy atom. The van der Waals surface area contributed by atoms with Gasteiger partial charge >= 0.3 is 11.9 Å². The number of imidazole rings is 1. The smallest absolute Gasteiger partial charge is 0.355 e. The lowest BCUT2D eigenvalue weighted by atomic mass is 10.1. The van der Waals surface area contributed by atoms with Crippen molar-refractivity contribution in [2.75, 3.05) is 19.1 Å². The monoisotopic (exact) mass is 365 g/mol. The Kier molecular flexibility index (Phi) is 5.21. The van der Waals surface area contributed by atoms with Gasteiger partial charge in [0, 0.05) is 30.0 Å². The van der Waals surface area contributed by atoms with Crippen LogP contribution in [0.3, 0.4) is 0 Å². The first-order chi connectivity index (χ1) is 13.1. The number of ether oxygens (including phenoxy) is 2. The van der Waals surface area contributed by atoms with Crippen LogP contribution in [-0.4, -0.2) is 35.7 Å². The van der Waals surface area contributed by atoms with Crippen LogP contribution in [0.2, 0.25) is 0 Å². The number of aromatic nitrogens is 2. The summed E-state index contributed by atoms with van der Waals surface area (Å²) in [7, 11) is 2.54. The van der Waals surface area contributed by atoms with Crippen LogP contribution in [0.5, 0.6) is 0 Å². The van der Waals surface area contributed by atoms with E-state index in [4.69, 9.17) is 9.47 Å². The largest absolute Gasteiger partial charge is 0.465 e. The molecule has 3 rings (SSSR count). The Hall–Kier alpha value is -3.61. The predicted molar refractivity (Wildman–Crippen MR) is 100 cm³/mol. The summed E-state index contributed by atoms with van der Waals surface area (Å²) in [5.41, 5.74) is 1.74. The number of hydrogen-bond acceptors (Lipinski definition) is 6. The zero-order valence-electron chi connectivity index (χ0n) is 15.2. The zero-order valence-corrected chi connectivity index (χ0v) is 15.2. The quantitative estimate of drug-likeness (QED) is 0.776. The van der Waals surface area contributed by atoms with Crippen molar-refractivity contribution in [1.29, 1.82) is 0 Å². The molecule has 0 aliphatic carbocycles. The number of carbonyl (C=O) groups is 2. The van der Waals surface area contributed by atoms with Crippen molar-refractivity contribution in [3.05, 3.63) is 78.2 Å². The number of anilines is 1. The Morgan fingerprint density at radius 2 is 1.78 bits per heavy atom. The number of aryl methyl sites for hydroxylation is 1. The Labute approximate surface area is 156 Å². The SMILES string of the molecule is COC(=O)C1=C(C(=O)OC)N(c2cccc(-n3ccnc3C)c2)C=CC=C1. The maximum Gasteiger partial charge on any atom is 0.355 e. The van der Waals surface area contributed by atoms with E-state index in [0.717, 1.165) is 11.5 Å². The number of esters is 2. The molecule has 0 atom stereocenters. The minimum Gasteiger partial charge on any atom is -0.465 e. The molecule has 0 amide bonds. The summed E-state index contributed by atoms with van der Waals surface area (Å²) in [6.45, 7) is 1.90. The van der Waals surface area contributed by atoms with Gasteiger partial charge in [-0.1, -0.05) is 12.1 Å². The van der Waals surface area contributed by atoms with Crippen LogP contribution in [0.1, 0.15) is 5.82 Å². The van der Waals surface area contributed by atoms with Gasteiger partial charge in [-0.05, 0) is 37.3 Å². The molecule has 0 saturated heterocycles. The van der Waals surface area contributed by atoms with Crippen molar-refractivity contribution < 1.29 is 19.1 Å². The fourth-order valence-electron chi connectivity index (χ4n) is 2.81. The van der Waals surface area contributed by atoms with Crippen molar-refractivity contribution in [1.82, 2.24) is 9.55 Å². The third kappa shape index (κ3) is 3.52. The second-order valence-electron chi connectivity index (χ2n) is 5.68. The Morgan fingerprint density at radius 1 is 1.04 bits per heavy atom. The van der Waals surface area contributed by atoms with Crippen LogP contribution in [0, 0.1) is 6.92 Å². The highest BCUT2D eigenvalue weighted by Crippen LogP contribution is 2.28. The first kappa shape index (κ1) is 18.2. The van der Waals surface area contributed by atoms with Crippen molar-refractivity contribution >= 4 is 17.6 Å². The van der Waals surface area contributed by atoms with E-state index in [2.05, 4.69) is 4.98 Å². The summed E-state index contributed by atoms with van der Waals surface area (Å²) in [6.07, 6.45) is 10.2. The minimum absolute atomic E-state index is 0.0776. The number of rotatable bonds is 4. The van der Waals surface area contributed by atoms with E-state index in [0.29, 0.717) is 5.69 Å². The van der Waals surface area contributed by atoms with E-state index in [9.17, 15) is 9.59 Å². The maximum atomic E-state index is 12.5. The number of carbonyl (C=O) groups excluding carboxylic acids is 2. The summed E-state index contributed by atoms with van der Waals surface area (Å²) < 4.78 is 11.7. The molecular formula is C20H19N3O4. The molecule has 0 fully saturated rings. The fraction of sp³-hybridized carbons (Fsp3) is 0.150. The summed E-state index contributed by atoms with van der Waals surface area (Å²) in [6, 6.07) is 7.52. The maximum absolute atomic E-state index is 12.5. The third-order valence-corrected chi connectivity index (χ3v) is 4.10. The molecule has 138 valence electrons. The van der Waals surface area contributed by atoms with Crippen LogP contribution in [-0.2, 0) is 19.1 Å². The van der Waals surface area contributed by atoms with Gasteiger partial charge in [-0.25, -0.2) is 14.6 Å². The van der Waals surface area contributed by atoms with E-state index < -0.39 is 11.9 Å². The van der Waals surface area contributed by atoms with E-state index in [-0.39, 0.29) is 11.3 Å². The molecule has 0 radical (unpaired) electrons. The van der Waals surface area contributed by atoms with Gasteiger partial charge in [0.25, 0.3) is 0 Å². The van der Waals surface area contributed by atoms with Gasteiger partial charge in [0.05, 0.1) is 19.8 Å². The lowest BCUT2D eigenvalue weighted by molar-refractivity contribution is -0.139. The molecule has 0 bridgehead atoms. The van der Waals surface area contributed by atoms with Gasteiger partial charge in [0.15, 0.2) is 0 Å². The van der Waals surface area contributed by atoms with Gasteiger partial charge < -0.3 is 18.9 Å². The van der Waals surface area contributed by atoms with Crippen LogP contribution < -0.4 is 4.90 Å². The second kappa shape index (κ2) is 7.74. The molecule has 0 spiro atoms. The van der Waals surface area contributed by atoms with Gasteiger partial charge in [-0.15, -0.1) is 0 Å². The normalized spacial score (nSPS) is 13.5. The Balaban J connectivity index is 2.15. The predicted octanol–water partition coefficient (Wildman–Crippen LogP) is 2.67. The number of hydrogen-bond donors (Lipinski definition) is 0. The summed E-state index contributed by atoms with van der Waals surface area (Å²) >= 11 is 0. The van der Waals surface area contributed by atoms with Gasteiger partial charge in [0.2, 0.25) is 0 Å². The van der Waals surface area contributed by atoms with Crippen LogP contribution in [0.4, 0.5) is 5.69 Å². The molecule has 27 heavy (non-hydrogen) atoms. The molecule has 0 N–H and O–H groups in total. The van der Waals surface area contributed by atoms with E-state index in [1.54, 1.807) is 29.4 Å². The second-order valence-corrected chi connectivity index (χ2v) is 5.68. The van der Waals surface area contributed by atoms with Crippen LogP contribution in [0.25, 0.3) is 5.69 Å². The molecule has 0 unspecified atom stereocenters. The topological polar surface area (TPSA) is 73.7 Å². The molecule has 7 nitrogen and oxygen atoms in total. The third-order valence-electron chi connectivity index (χ3n) is 4.10. The van der Waals surface area contributed by atoms with Crippen molar-refractivity contribution in [3.63, 3.8) is 0 Å². The highest BCUT2D eigenvalue weighted by Gasteiger charge is 2.27. The van der Waals surface area contributed by atoms with E-state index in [1.165, 1.54) is 20.3 Å². The fourth-order valence-corrected chi connectivity index (χ4v) is 2.81. The van der Waals surface area contributed by atoms with Gasteiger partial charge in [-0.2, -0.15) is 0 Å². The summed E-state index contributed by atoms with van der Waals surface area (Å²) in [5.74, 6) is -0.433. The number of methoxy groups -OCH3 is 2. The highest BCUT2D eigenvalue weighted by molar-refractivity contribution is 6.05. The molecule has 7 heteroatoms. The summed E-state index contributed by atoms with van der Waals surface area (Å²) in [5, 5.41) is 0. The van der Waals surface area contributed by atoms with Gasteiger partial charge in [-0.3, -0.25) is 0 Å². The molecule has 1 aliphatic heterocycles. The molecule has 0 saturated carbocycles. The van der Waals surface area contributed by atoms with Crippen molar-refractivity contribution in [2.45, 2.75) is 6.92 Å². The lowest BCUT2D eigenvalue weighted by Gasteiger charge is -2.23. The molecule has 2 heterocycles. The molecule has 1 aromatic carbocycles. The lowest BCUT2D eigenvalue weighted by Crippen LogP contribution is -2.27. The van der Waals surface area contributed by atoms with E-state index in [1.807, 2.05) is 42.0 Å². The Bertz CT molecular complexity index is 969. The average Bonchev–Trinajstić information content (AvgIpc) is 3.00. The van der Waals surface area contributed by atoms with Gasteiger partial charge in [0.1, 0.15) is 11.5 Å².